The van der Waals surface area contributed by atoms with Gasteiger partial charge in [0.15, 0.2) is 5.78 Å². The molecule has 0 N–H and O–H groups in total. The second-order valence-corrected chi connectivity index (χ2v) is 8.68. The number of ketones is 1. The van der Waals surface area contributed by atoms with Crippen LogP contribution in [0.15, 0.2) is 11.6 Å². The van der Waals surface area contributed by atoms with Crippen LogP contribution >= 0.6 is 0 Å². The third kappa shape index (κ3) is 2.08. The molecule has 1 heterocycles. The van der Waals surface area contributed by atoms with Crippen LogP contribution in [-0.4, -0.2) is 17.0 Å². The van der Waals surface area contributed by atoms with E-state index in [1.54, 1.807) is 0 Å². The van der Waals surface area contributed by atoms with Crippen molar-refractivity contribution in [2.75, 3.05) is 0 Å². The Morgan fingerprint density at radius 1 is 1.21 bits per heavy atom. The molecule has 1 aliphatic heterocycles. The zero-order valence-electron chi connectivity index (χ0n) is 13.7. The van der Waals surface area contributed by atoms with E-state index in [0.29, 0.717) is 5.92 Å². The Hall–Kier alpha value is -0.630. The molecular weight excluding hydrogens is 236 g/mol. The lowest BCUT2D eigenvalue weighted by atomic mass is 9.52. The molecule has 0 radical (unpaired) electrons. The second-order valence-electron chi connectivity index (χ2n) is 8.68. The smallest absolute Gasteiger partial charge is 0.164 e. The first kappa shape index (κ1) is 14.8. The third-order valence-corrected chi connectivity index (χ3v) is 4.65. The molecule has 1 spiro atoms. The summed E-state index contributed by atoms with van der Waals surface area (Å²) in [6.45, 7) is 17.2. The fraction of sp³-hybridized carbons (Fsp3) is 0.824. The number of allylic oxidation sites excluding steroid dienone is 1. The Kier molecular flexibility index (Phi) is 2.89. The zero-order chi connectivity index (χ0) is 14.9. The van der Waals surface area contributed by atoms with E-state index < -0.39 is 0 Å². The van der Waals surface area contributed by atoms with Gasteiger partial charge in [0.25, 0.3) is 0 Å². The monoisotopic (exact) mass is 264 g/mol. The summed E-state index contributed by atoms with van der Waals surface area (Å²) in [5, 5.41) is 0. The van der Waals surface area contributed by atoms with Gasteiger partial charge in [-0.15, -0.1) is 0 Å². The summed E-state index contributed by atoms with van der Waals surface area (Å²) in [5.74, 6) is 0.689. The van der Waals surface area contributed by atoms with E-state index in [4.69, 9.17) is 4.74 Å². The topological polar surface area (TPSA) is 26.3 Å². The maximum atomic E-state index is 12.3. The minimum Gasteiger partial charge on any atom is -0.364 e. The van der Waals surface area contributed by atoms with Gasteiger partial charge in [-0.1, -0.05) is 34.6 Å². The molecule has 0 amide bonds. The van der Waals surface area contributed by atoms with Crippen LogP contribution in [0.2, 0.25) is 0 Å². The summed E-state index contributed by atoms with van der Waals surface area (Å²) < 4.78 is 6.32. The molecule has 0 bridgehead atoms. The van der Waals surface area contributed by atoms with E-state index in [2.05, 4.69) is 40.7 Å². The number of ether oxygens (including phenoxy) is 1. The van der Waals surface area contributed by atoms with Gasteiger partial charge >= 0.3 is 0 Å². The van der Waals surface area contributed by atoms with E-state index in [1.807, 2.05) is 20.8 Å². The van der Waals surface area contributed by atoms with Crippen LogP contribution in [0.4, 0.5) is 0 Å². The van der Waals surface area contributed by atoms with Gasteiger partial charge in [0.2, 0.25) is 0 Å². The molecular formula is C17H28O2. The van der Waals surface area contributed by atoms with E-state index in [1.165, 1.54) is 0 Å². The first-order valence-corrected chi connectivity index (χ1v) is 7.26. The summed E-state index contributed by atoms with van der Waals surface area (Å²) >= 11 is 0. The summed E-state index contributed by atoms with van der Waals surface area (Å²) in [6, 6.07) is 0. The highest BCUT2D eigenvalue weighted by atomic mass is 16.6. The van der Waals surface area contributed by atoms with Crippen LogP contribution < -0.4 is 0 Å². The van der Waals surface area contributed by atoms with E-state index in [0.717, 1.165) is 12.0 Å². The van der Waals surface area contributed by atoms with Gasteiger partial charge in [0.05, 0.1) is 11.2 Å². The largest absolute Gasteiger partial charge is 0.364 e. The lowest BCUT2D eigenvalue weighted by molar-refractivity contribution is -0.323. The van der Waals surface area contributed by atoms with Crippen molar-refractivity contribution in [3.63, 3.8) is 0 Å². The van der Waals surface area contributed by atoms with Gasteiger partial charge in [-0.2, -0.15) is 0 Å². The molecule has 0 unspecified atom stereocenters. The first-order chi connectivity index (χ1) is 8.32. The van der Waals surface area contributed by atoms with Crippen molar-refractivity contribution in [2.24, 2.45) is 16.7 Å². The van der Waals surface area contributed by atoms with Crippen molar-refractivity contribution in [2.45, 2.75) is 73.0 Å². The summed E-state index contributed by atoms with van der Waals surface area (Å²) in [7, 11) is 0. The summed E-state index contributed by atoms with van der Waals surface area (Å²) in [4.78, 5) is 12.3. The quantitative estimate of drug-likeness (QED) is 0.657. The van der Waals surface area contributed by atoms with Crippen molar-refractivity contribution in [3.05, 3.63) is 11.6 Å². The van der Waals surface area contributed by atoms with Crippen LogP contribution in [0, 0.1) is 16.7 Å². The van der Waals surface area contributed by atoms with Crippen LogP contribution in [0.3, 0.4) is 0 Å². The fourth-order valence-electron chi connectivity index (χ4n) is 4.95. The Bertz CT molecular complexity index is 438. The molecule has 0 aromatic carbocycles. The normalized spacial score (nSPS) is 36.9. The summed E-state index contributed by atoms with van der Waals surface area (Å²) in [6.07, 6.45) is 2.89. The average molecular weight is 264 g/mol. The van der Waals surface area contributed by atoms with Crippen molar-refractivity contribution in [1.29, 1.82) is 0 Å². The van der Waals surface area contributed by atoms with Gasteiger partial charge in [0, 0.05) is 11.3 Å². The van der Waals surface area contributed by atoms with Crippen molar-refractivity contribution in [1.82, 2.24) is 0 Å². The van der Waals surface area contributed by atoms with E-state index >= 15 is 0 Å². The minimum absolute atomic E-state index is 0.120. The Balaban J connectivity index is 2.48. The molecule has 2 heteroatoms. The van der Waals surface area contributed by atoms with Crippen LogP contribution in [0.25, 0.3) is 0 Å². The van der Waals surface area contributed by atoms with Crippen molar-refractivity contribution < 1.29 is 9.53 Å². The van der Waals surface area contributed by atoms with E-state index in [-0.39, 0.29) is 27.8 Å². The number of carbonyl (C=O) groups is 1. The van der Waals surface area contributed by atoms with Crippen molar-refractivity contribution >= 4 is 5.78 Å². The highest BCUT2D eigenvalue weighted by Crippen LogP contribution is 2.61. The van der Waals surface area contributed by atoms with Gasteiger partial charge < -0.3 is 4.74 Å². The number of carbonyl (C=O) groups excluding carboxylic acids is 1. The third-order valence-electron chi connectivity index (χ3n) is 4.65. The molecule has 108 valence electrons. The van der Waals surface area contributed by atoms with Crippen LogP contribution in [0.5, 0.6) is 0 Å². The van der Waals surface area contributed by atoms with Crippen molar-refractivity contribution in [3.8, 4) is 0 Å². The second kappa shape index (κ2) is 3.72. The van der Waals surface area contributed by atoms with Gasteiger partial charge in [0.1, 0.15) is 0 Å². The van der Waals surface area contributed by atoms with Crippen LogP contribution in [-0.2, 0) is 9.53 Å². The highest BCUT2D eigenvalue weighted by molar-refractivity contribution is 6.00. The number of Topliss-reactive ketones (excluding diaryl/α,β-unsaturated/α-hetero) is 1. The number of hydrogen-bond donors (Lipinski definition) is 0. The molecule has 0 saturated carbocycles. The number of rotatable bonds is 0. The molecule has 1 fully saturated rings. The average Bonchev–Trinajstić information content (AvgIpc) is 2.07. The fourth-order valence-corrected chi connectivity index (χ4v) is 4.95. The molecule has 2 rings (SSSR count). The lowest BCUT2D eigenvalue weighted by Gasteiger charge is -2.66. The van der Waals surface area contributed by atoms with E-state index in [9.17, 15) is 4.79 Å². The summed E-state index contributed by atoms with van der Waals surface area (Å²) in [5.41, 5.74) is 0.323. The maximum Gasteiger partial charge on any atom is 0.164 e. The zero-order valence-corrected chi connectivity index (χ0v) is 13.7. The Morgan fingerprint density at radius 3 is 2.11 bits per heavy atom. The molecule has 19 heavy (non-hydrogen) atoms. The minimum atomic E-state index is -0.321. The first-order valence-electron chi connectivity index (χ1n) is 7.26. The molecule has 1 saturated heterocycles. The Morgan fingerprint density at radius 2 is 1.74 bits per heavy atom. The Labute approximate surface area is 117 Å². The lowest BCUT2D eigenvalue weighted by Crippen LogP contribution is -2.71. The van der Waals surface area contributed by atoms with Gasteiger partial charge in [-0.25, -0.2) is 0 Å². The maximum absolute atomic E-state index is 12.3. The molecule has 2 atom stereocenters. The van der Waals surface area contributed by atoms with Gasteiger partial charge in [-0.3, -0.25) is 4.79 Å². The van der Waals surface area contributed by atoms with Crippen LogP contribution in [0.1, 0.15) is 61.8 Å². The molecule has 2 nitrogen and oxygen atoms in total. The SMILES string of the molecule is CC1=C[C@]2(CC(C)(C)C1=O)OC(C)(C)[C@@H]2C(C)(C)C. The molecule has 0 aromatic rings. The molecule has 0 aromatic heterocycles. The van der Waals surface area contributed by atoms with Gasteiger partial charge in [-0.05, 0) is 44.3 Å². The predicted molar refractivity (Wildman–Crippen MR) is 78.0 cm³/mol. The number of hydrogen-bond acceptors (Lipinski definition) is 2. The predicted octanol–water partition coefficient (Wildman–Crippen LogP) is 4.14. The molecule has 2 aliphatic rings. The highest BCUT2D eigenvalue weighted by Gasteiger charge is 2.65. The standard InChI is InChI=1S/C17H28O2/c1-11-9-17(10-15(5,6)12(11)18)13(14(2,3)4)16(7,8)19-17/h9,13H,10H2,1-8H3/t13-,17+/m0/s1. The molecule has 1 aliphatic carbocycles.